The van der Waals surface area contributed by atoms with Gasteiger partial charge in [-0.1, -0.05) is 44.0 Å². The van der Waals surface area contributed by atoms with E-state index >= 15 is 0 Å². The molecule has 100 valence electrons. The maximum Gasteiger partial charge on any atom is 0.123 e. The first-order chi connectivity index (χ1) is 9.10. The largest absolute Gasteiger partial charge is 0.496 e. The fourth-order valence-electron chi connectivity index (χ4n) is 2.02. The predicted octanol–water partition coefficient (Wildman–Crippen LogP) is 4.46. The van der Waals surface area contributed by atoms with E-state index in [0.29, 0.717) is 0 Å². The van der Waals surface area contributed by atoms with Crippen LogP contribution in [-0.2, 0) is 6.42 Å². The zero-order valence-corrected chi connectivity index (χ0v) is 13.7. The van der Waals surface area contributed by atoms with Gasteiger partial charge in [0.1, 0.15) is 5.75 Å². The Balaban J connectivity index is 2.24. The average molecular weight is 385 g/mol. The minimum atomic E-state index is -0.0956. The summed E-state index contributed by atoms with van der Waals surface area (Å²) in [4.78, 5) is 0. The van der Waals surface area contributed by atoms with Gasteiger partial charge in [-0.15, -0.1) is 0 Å². The third-order valence-electron chi connectivity index (χ3n) is 2.94. The van der Waals surface area contributed by atoms with E-state index < -0.39 is 0 Å². The molecule has 0 fully saturated rings. The molecule has 0 heterocycles. The zero-order valence-electron chi connectivity index (χ0n) is 10.6. The van der Waals surface area contributed by atoms with Crippen molar-refractivity contribution in [3.8, 4) is 5.75 Å². The van der Waals surface area contributed by atoms with Gasteiger partial charge in [-0.3, -0.25) is 0 Å². The Morgan fingerprint density at radius 1 is 1.11 bits per heavy atom. The number of nitrogens with two attached hydrogens (primary N) is 1. The van der Waals surface area contributed by atoms with E-state index in [1.165, 1.54) is 5.56 Å². The third kappa shape index (κ3) is 3.81. The molecule has 0 saturated heterocycles. The molecule has 0 aromatic heterocycles. The van der Waals surface area contributed by atoms with Crippen LogP contribution in [-0.4, -0.2) is 7.11 Å². The molecule has 2 aromatic carbocycles. The van der Waals surface area contributed by atoms with Crippen LogP contribution in [0.4, 0.5) is 0 Å². The molecule has 0 aliphatic heterocycles. The minimum absolute atomic E-state index is 0.0956. The number of ether oxygens (including phenoxy) is 1. The lowest BCUT2D eigenvalue weighted by molar-refractivity contribution is 0.405. The number of benzene rings is 2. The van der Waals surface area contributed by atoms with Crippen LogP contribution in [0.5, 0.6) is 5.75 Å². The lowest BCUT2D eigenvalue weighted by atomic mass is 9.99. The molecule has 2 aromatic rings. The molecular weight excluding hydrogens is 370 g/mol. The van der Waals surface area contributed by atoms with Crippen LogP contribution in [0.3, 0.4) is 0 Å². The quantitative estimate of drug-likeness (QED) is 0.844. The molecule has 2 rings (SSSR count). The Labute approximate surface area is 130 Å². The highest BCUT2D eigenvalue weighted by atomic mass is 79.9. The van der Waals surface area contributed by atoms with Gasteiger partial charge in [0.15, 0.2) is 0 Å². The maximum absolute atomic E-state index is 6.31. The second kappa shape index (κ2) is 6.55. The van der Waals surface area contributed by atoms with Gasteiger partial charge in [-0.2, -0.15) is 0 Å². The Bertz CT molecular complexity index is 572. The summed E-state index contributed by atoms with van der Waals surface area (Å²) in [5, 5.41) is 0. The van der Waals surface area contributed by atoms with Crippen molar-refractivity contribution >= 4 is 31.9 Å². The molecule has 0 spiro atoms. The minimum Gasteiger partial charge on any atom is -0.496 e. The van der Waals surface area contributed by atoms with Gasteiger partial charge in [-0.05, 0) is 42.3 Å². The van der Waals surface area contributed by atoms with Crippen LogP contribution in [0.1, 0.15) is 17.2 Å². The third-order valence-corrected chi connectivity index (χ3v) is 3.92. The highest BCUT2D eigenvalue weighted by molar-refractivity contribution is 9.10. The number of halogens is 2. The van der Waals surface area contributed by atoms with Crippen LogP contribution < -0.4 is 10.5 Å². The first-order valence-corrected chi connectivity index (χ1v) is 7.52. The van der Waals surface area contributed by atoms with E-state index in [1.807, 2.05) is 30.3 Å². The second-order valence-corrected chi connectivity index (χ2v) is 6.16. The summed E-state index contributed by atoms with van der Waals surface area (Å²) in [6.45, 7) is 0. The van der Waals surface area contributed by atoms with Crippen LogP contribution in [0.2, 0.25) is 0 Å². The summed E-state index contributed by atoms with van der Waals surface area (Å²) >= 11 is 6.95. The molecule has 0 radical (unpaired) electrons. The molecule has 1 unspecified atom stereocenters. The van der Waals surface area contributed by atoms with Gasteiger partial charge in [0, 0.05) is 20.6 Å². The van der Waals surface area contributed by atoms with Crippen molar-refractivity contribution in [2.24, 2.45) is 5.73 Å². The fraction of sp³-hybridized carbons (Fsp3) is 0.200. The van der Waals surface area contributed by atoms with Crippen molar-refractivity contribution in [1.29, 1.82) is 0 Å². The van der Waals surface area contributed by atoms with Gasteiger partial charge in [-0.25, -0.2) is 0 Å². The second-order valence-electron chi connectivity index (χ2n) is 4.33. The summed E-state index contributed by atoms with van der Waals surface area (Å²) in [6.07, 6.45) is 0.770. The zero-order chi connectivity index (χ0) is 13.8. The first-order valence-electron chi connectivity index (χ1n) is 5.93. The lowest BCUT2D eigenvalue weighted by Gasteiger charge is -2.16. The molecular formula is C15H15Br2NO. The molecule has 0 aliphatic carbocycles. The standard InChI is InChI=1S/C15H15Br2NO/c1-19-15-6-5-12(17)9-13(15)14(18)8-10-3-2-4-11(16)7-10/h2-7,9,14H,8,18H2,1H3. The topological polar surface area (TPSA) is 35.2 Å². The summed E-state index contributed by atoms with van der Waals surface area (Å²) in [6, 6.07) is 14.0. The van der Waals surface area contributed by atoms with Gasteiger partial charge in [0.2, 0.25) is 0 Å². The molecule has 1 atom stereocenters. The highest BCUT2D eigenvalue weighted by Gasteiger charge is 2.13. The van der Waals surface area contributed by atoms with E-state index in [-0.39, 0.29) is 6.04 Å². The van der Waals surface area contributed by atoms with E-state index in [9.17, 15) is 0 Å². The first kappa shape index (κ1) is 14.6. The molecule has 0 amide bonds. The molecule has 0 bridgehead atoms. The number of hydrogen-bond acceptors (Lipinski definition) is 2. The summed E-state index contributed by atoms with van der Waals surface area (Å²) in [7, 11) is 1.67. The van der Waals surface area contributed by atoms with Crippen LogP contribution in [0.15, 0.2) is 51.4 Å². The smallest absolute Gasteiger partial charge is 0.123 e. The molecule has 0 aliphatic rings. The van der Waals surface area contributed by atoms with Gasteiger partial charge >= 0.3 is 0 Å². The van der Waals surface area contributed by atoms with Crippen LogP contribution in [0, 0.1) is 0 Å². The Morgan fingerprint density at radius 3 is 2.53 bits per heavy atom. The van der Waals surface area contributed by atoms with Crippen molar-refractivity contribution in [1.82, 2.24) is 0 Å². The summed E-state index contributed by atoms with van der Waals surface area (Å²) in [5.74, 6) is 0.825. The number of methoxy groups -OCH3 is 1. The van der Waals surface area contributed by atoms with E-state index in [1.54, 1.807) is 7.11 Å². The van der Waals surface area contributed by atoms with Gasteiger partial charge in [0.25, 0.3) is 0 Å². The van der Waals surface area contributed by atoms with Crippen molar-refractivity contribution in [3.63, 3.8) is 0 Å². The summed E-state index contributed by atoms with van der Waals surface area (Å²) in [5.41, 5.74) is 8.52. The molecule has 19 heavy (non-hydrogen) atoms. The van der Waals surface area contributed by atoms with Crippen molar-refractivity contribution in [3.05, 3.63) is 62.5 Å². The van der Waals surface area contributed by atoms with Crippen LogP contribution in [0.25, 0.3) is 0 Å². The Hall–Kier alpha value is -0.840. The molecule has 2 nitrogen and oxygen atoms in total. The van der Waals surface area contributed by atoms with Crippen molar-refractivity contribution in [2.75, 3.05) is 7.11 Å². The Kier molecular flexibility index (Phi) is 5.02. The number of hydrogen-bond donors (Lipinski definition) is 1. The van der Waals surface area contributed by atoms with Crippen LogP contribution >= 0.6 is 31.9 Å². The Morgan fingerprint density at radius 2 is 1.84 bits per heavy atom. The SMILES string of the molecule is COc1ccc(Br)cc1C(N)Cc1cccc(Br)c1. The number of rotatable bonds is 4. The summed E-state index contributed by atoms with van der Waals surface area (Å²) < 4.78 is 7.45. The maximum atomic E-state index is 6.31. The van der Waals surface area contributed by atoms with Gasteiger partial charge < -0.3 is 10.5 Å². The van der Waals surface area contributed by atoms with E-state index in [4.69, 9.17) is 10.5 Å². The predicted molar refractivity (Wildman–Crippen MR) is 85.5 cm³/mol. The van der Waals surface area contributed by atoms with Crippen molar-refractivity contribution in [2.45, 2.75) is 12.5 Å². The molecule has 0 saturated carbocycles. The lowest BCUT2D eigenvalue weighted by Crippen LogP contribution is -2.14. The van der Waals surface area contributed by atoms with Gasteiger partial charge in [0.05, 0.1) is 7.11 Å². The van der Waals surface area contributed by atoms with E-state index in [2.05, 4.69) is 44.0 Å². The van der Waals surface area contributed by atoms with E-state index in [0.717, 1.165) is 26.7 Å². The molecule has 4 heteroatoms. The highest BCUT2D eigenvalue weighted by Crippen LogP contribution is 2.29. The monoisotopic (exact) mass is 383 g/mol. The normalized spacial score (nSPS) is 12.2. The average Bonchev–Trinajstić information content (AvgIpc) is 2.38. The molecule has 2 N–H and O–H groups in total. The fourth-order valence-corrected chi connectivity index (χ4v) is 2.85. The van der Waals surface area contributed by atoms with Crippen molar-refractivity contribution < 1.29 is 4.74 Å².